The van der Waals surface area contributed by atoms with Crippen molar-refractivity contribution in [3.8, 4) is 0 Å². The number of rotatable bonds is 0. The topological polar surface area (TPSA) is 29.5 Å². The first-order valence-electron chi connectivity index (χ1n) is 4.66. The van der Waals surface area contributed by atoms with Crippen LogP contribution in [0.2, 0.25) is 0 Å². The minimum atomic E-state index is -7.01. The normalized spacial score (nSPS) is 23.7. The predicted octanol–water partition coefficient (Wildman–Crippen LogP) is 3.75. The van der Waals surface area contributed by atoms with E-state index in [0.717, 1.165) is 0 Å². The van der Waals surface area contributed by atoms with Crippen molar-refractivity contribution in [2.75, 3.05) is 0 Å². The van der Waals surface area contributed by atoms with Gasteiger partial charge in [0.25, 0.3) is 0 Å². The lowest BCUT2D eigenvalue weighted by Gasteiger charge is -2.37. The summed E-state index contributed by atoms with van der Waals surface area (Å²) in [5, 5.41) is 0. The minimum absolute atomic E-state index is 2.55. The van der Waals surface area contributed by atoms with Crippen LogP contribution in [0.4, 0.5) is 57.5 Å². The number of carbonyl (C=O) groups is 1. The Labute approximate surface area is 111 Å². The Bertz CT molecular complexity index is 442. The van der Waals surface area contributed by atoms with Gasteiger partial charge in [-0.1, -0.05) is 0 Å². The van der Waals surface area contributed by atoms with Crippen LogP contribution in [0.5, 0.6) is 0 Å². The number of amides is 1. The van der Waals surface area contributed by atoms with E-state index in [1.807, 2.05) is 0 Å². The van der Waals surface area contributed by atoms with Crippen molar-refractivity contribution in [3.05, 3.63) is 0 Å². The second kappa shape index (κ2) is 4.47. The molecule has 1 fully saturated rings. The van der Waals surface area contributed by atoms with E-state index in [1.165, 1.54) is 0 Å². The molecule has 0 aliphatic carbocycles. The Morgan fingerprint density at radius 1 is 0.818 bits per heavy atom. The van der Waals surface area contributed by atoms with Gasteiger partial charge < -0.3 is 4.74 Å². The largest absolute Gasteiger partial charge is 0.490 e. The zero-order valence-electron chi connectivity index (χ0n) is 9.38. The van der Waals surface area contributed by atoms with Gasteiger partial charge in [0.1, 0.15) is 0 Å². The second-order valence-corrected chi connectivity index (χ2v) is 3.88. The molecule has 1 amide bonds. The van der Waals surface area contributed by atoms with Crippen molar-refractivity contribution < 1.29 is 62.2 Å². The number of carbonyl (C=O) groups excluding carboxylic acids is 1. The average molecular weight is 359 g/mol. The van der Waals surface area contributed by atoms with E-state index in [1.54, 1.807) is 0 Å². The quantitative estimate of drug-likeness (QED) is 0.487. The number of halogens is 12. The van der Waals surface area contributed by atoms with E-state index in [2.05, 4.69) is 4.74 Å². The third kappa shape index (κ3) is 2.49. The fourth-order valence-corrected chi connectivity index (χ4v) is 1.74. The van der Waals surface area contributed by atoms with Crippen molar-refractivity contribution in [1.29, 1.82) is 0 Å². The van der Waals surface area contributed by atoms with E-state index in [-0.39, 0.29) is 0 Å². The van der Waals surface area contributed by atoms with Gasteiger partial charge >= 0.3 is 36.5 Å². The first-order chi connectivity index (χ1) is 9.37. The molecule has 1 rings (SSSR count). The van der Waals surface area contributed by atoms with Gasteiger partial charge in [0.05, 0.1) is 0 Å². The van der Waals surface area contributed by atoms with Crippen LogP contribution in [0.15, 0.2) is 0 Å². The average Bonchev–Trinajstić information content (AvgIpc) is 2.49. The minimum Gasteiger partial charge on any atom is -0.420 e. The summed E-state index contributed by atoms with van der Waals surface area (Å²) in [7, 11) is 0. The summed E-state index contributed by atoms with van der Waals surface area (Å²) < 4.78 is 152. The molecule has 1 unspecified atom stereocenters. The van der Waals surface area contributed by atoms with Crippen molar-refractivity contribution in [2.24, 2.45) is 0 Å². The molecule has 1 heterocycles. The van der Waals surface area contributed by atoms with Crippen molar-refractivity contribution in [3.63, 3.8) is 0 Å². The zero-order chi connectivity index (χ0) is 17.9. The number of alkyl halides is 12. The molecular formula is C7HF12NO2. The van der Waals surface area contributed by atoms with Gasteiger partial charge in [0, 0.05) is 0 Å². The Kier molecular flexibility index (Phi) is 3.75. The lowest BCUT2D eigenvalue weighted by Crippen LogP contribution is -2.69. The molecule has 0 aromatic carbocycles. The van der Waals surface area contributed by atoms with Gasteiger partial charge in [-0.2, -0.15) is 39.5 Å². The molecule has 0 radical (unpaired) electrons. The van der Waals surface area contributed by atoms with Crippen LogP contribution >= 0.6 is 0 Å². The van der Waals surface area contributed by atoms with Gasteiger partial charge in [-0.05, 0) is 0 Å². The van der Waals surface area contributed by atoms with Crippen LogP contribution in [-0.4, -0.2) is 47.5 Å². The van der Waals surface area contributed by atoms with Crippen LogP contribution in [-0.2, 0) is 4.74 Å². The summed E-state index contributed by atoms with van der Waals surface area (Å²) in [5.41, 5.74) is -6.40. The summed E-state index contributed by atoms with van der Waals surface area (Å²) in [6, 6.07) is -5.37. The van der Waals surface area contributed by atoms with E-state index in [4.69, 9.17) is 0 Å². The Morgan fingerprint density at radius 3 is 1.41 bits per heavy atom. The van der Waals surface area contributed by atoms with Crippen molar-refractivity contribution >= 4 is 6.09 Å². The monoisotopic (exact) mass is 359 g/mol. The van der Waals surface area contributed by atoms with Crippen molar-refractivity contribution in [1.82, 2.24) is 4.90 Å². The summed E-state index contributed by atoms with van der Waals surface area (Å²) in [5.74, 6) is 0. The predicted molar refractivity (Wildman–Crippen MR) is 39.1 cm³/mol. The molecule has 1 saturated heterocycles. The smallest absolute Gasteiger partial charge is 0.420 e. The van der Waals surface area contributed by atoms with Gasteiger partial charge in [-0.15, -0.1) is 13.2 Å². The molecular weight excluding hydrogens is 358 g/mol. The molecule has 22 heavy (non-hydrogen) atoms. The maximum atomic E-state index is 12.5. The molecule has 0 bridgehead atoms. The molecule has 130 valence electrons. The maximum Gasteiger partial charge on any atom is 0.490 e. The van der Waals surface area contributed by atoms with E-state index >= 15 is 0 Å². The number of hydrogen-bond acceptors (Lipinski definition) is 2. The van der Waals surface area contributed by atoms with Gasteiger partial charge in [-0.3, -0.25) is 0 Å². The molecule has 3 nitrogen and oxygen atoms in total. The van der Waals surface area contributed by atoms with E-state index in [9.17, 15) is 57.5 Å². The summed E-state index contributed by atoms with van der Waals surface area (Å²) in [6.45, 7) is 0. The highest BCUT2D eigenvalue weighted by atomic mass is 19.4. The first kappa shape index (κ1) is 18.5. The molecule has 1 aliphatic heterocycles. The number of ether oxygens (including phenoxy) is 1. The molecule has 0 N–H and O–H groups in total. The van der Waals surface area contributed by atoms with E-state index < -0.39 is 47.5 Å². The molecule has 1 aliphatic rings. The highest BCUT2D eigenvalue weighted by Gasteiger charge is 2.89. The highest BCUT2D eigenvalue weighted by molar-refractivity contribution is 5.73. The molecule has 0 aromatic heterocycles. The lowest BCUT2D eigenvalue weighted by molar-refractivity contribution is -0.393. The first-order valence-corrected chi connectivity index (χ1v) is 4.66. The molecule has 0 aromatic rings. The number of hydrogen-bond donors (Lipinski definition) is 0. The zero-order valence-corrected chi connectivity index (χ0v) is 9.38. The van der Waals surface area contributed by atoms with Crippen molar-refractivity contribution in [2.45, 2.75) is 36.5 Å². The molecule has 0 spiro atoms. The Morgan fingerprint density at radius 2 is 1.18 bits per heavy atom. The highest BCUT2D eigenvalue weighted by Crippen LogP contribution is 2.58. The SMILES string of the molecule is O=C1OC(C(F)(F)F)(C(F)(F)F)C(C(F)(F)F)N1C(F)(F)F. The van der Waals surface area contributed by atoms with Crippen LogP contribution in [0, 0.1) is 0 Å². The fraction of sp³-hybridized carbons (Fsp3) is 0.857. The van der Waals surface area contributed by atoms with Crippen LogP contribution in [0.3, 0.4) is 0 Å². The Hall–Kier alpha value is -1.57. The summed E-state index contributed by atoms with van der Waals surface area (Å²) in [4.78, 5) is 8.08. The fourth-order valence-electron chi connectivity index (χ4n) is 1.74. The van der Waals surface area contributed by atoms with Gasteiger partial charge in [0.2, 0.25) is 0 Å². The van der Waals surface area contributed by atoms with Gasteiger partial charge in [0.15, 0.2) is 6.04 Å². The third-order valence-electron chi connectivity index (χ3n) is 2.51. The van der Waals surface area contributed by atoms with Crippen LogP contribution in [0.1, 0.15) is 0 Å². The molecule has 15 heteroatoms. The third-order valence-corrected chi connectivity index (χ3v) is 2.51. The van der Waals surface area contributed by atoms with Crippen LogP contribution < -0.4 is 0 Å². The van der Waals surface area contributed by atoms with Crippen LogP contribution in [0.25, 0.3) is 0 Å². The number of cyclic esters (lactones) is 1. The summed E-state index contributed by atoms with van der Waals surface area (Å²) in [6.07, 6.45) is -30.7. The maximum absolute atomic E-state index is 12.5. The Balaban J connectivity index is 3.75. The summed E-state index contributed by atoms with van der Waals surface area (Å²) >= 11 is 0. The second-order valence-electron chi connectivity index (χ2n) is 3.88. The molecule has 0 saturated carbocycles. The standard InChI is InChI=1S/C7HF12NO2/c8-4(9,10)1-3(5(11,12)13,6(14,15)16)22-2(21)20(1)7(17,18)19/h1H. The van der Waals surface area contributed by atoms with E-state index in [0.29, 0.717) is 0 Å². The van der Waals surface area contributed by atoms with Gasteiger partial charge in [-0.25, -0.2) is 9.69 Å². The lowest BCUT2D eigenvalue weighted by atomic mass is 9.91. The molecule has 1 atom stereocenters. The number of nitrogens with zero attached hydrogens (tertiary/aromatic N) is 1.